The molecular formula is C20H24N4O5S. The second-order valence-electron chi connectivity index (χ2n) is 6.64. The smallest absolute Gasteiger partial charge is 0.433 e. The number of rotatable bonds is 9. The van der Waals surface area contributed by atoms with Gasteiger partial charge in [-0.25, -0.2) is 4.98 Å². The van der Waals surface area contributed by atoms with Gasteiger partial charge in [-0.15, -0.1) is 0 Å². The molecule has 2 heterocycles. The molecule has 3 rings (SSSR count). The maximum absolute atomic E-state index is 13.2. The molecule has 0 bridgehead atoms. The molecule has 2 aromatic heterocycles. The number of methoxy groups -OCH3 is 1. The van der Waals surface area contributed by atoms with E-state index in [1.54, 1.807) is 7.11 Å². The number of ether oxygens (including phenoxy) is 1. The minimum Gasteiger partial charge on any atom is -0.494 e. The van der Waals surface area contributed by atoms with Crippen LogP contribution in [0.1, 0.15) is 30.0 Å². The Labute approximate surface area is 178 Å². The van der Waals surface area contributed by atoms with Crippen molar-refractivity contribution >= 4 is 38.5 Å². The second kappa shape index (κ2) is 9.23. The normalized spacial score (nSPS) is 11.2. The molecule has 0 radical (unpaired) electrons. The van der Waals surface area contributed by atoms with Crippen LogP contribution in [-0.2, 0) is 0 Å². The lowest BCUT2D eigenvalue weighted by atomic mass is 10.2. The Hall–Kier alpha value is -2.98. The summed E-state index contributed by atoms with van der Waals surface area (Å²) in [5.41, 5.74) is 1.71. The zero-order valence-corrected chi connectivity index (χ0v) is 18.2. The maximum Gasteiger partial charge on any atom is 0.433 e. The van der Waals surface area contributed by atoms with Crippen molar-refractivity contribution in [3.05, 3.63) is 45.7 Å². The highest BCUT2D eigenvalue weighted by Gasteiger charge is 2.27. The molecular weight excluding hydrogens is 408 g/mol. The summed E-state index contributed by atoms with van der Waals surface area (Å²) in [4.78, 5) is 31.9. The highest BCUT2D eigenvalue weighted by Crippen LogP contribution is 2.37. The first-order valence-corrected chi connectivity index (χ1v) is 10.4. The molecule has 0 aliphatic heterocycles. The quantitative estimate of drug-likeness (QED) is 0.370. The minimum atomic E-state index is -0.664. The highest BCUT2D eigenvalue weighted by atomic mass is 32.1. The van der Waals surface area contributed by atoms with Crippen molar-refractivity contribution in [1.29, 1.82) is 0 Å². The number of aryl methyl sites for hydroxylation is 1. The number of aromatic nitrogens is 1. The summed E-state index contributed by atoms with van der Waals surface area (Å²) in [5.74, 6) is -0.401. The van der Waals surface area contributed by atoms with E-state index in [-0.39, 0.29) is 5.76 Å². The predicted molar refractivity (Wildman–Crippen MR) is 116 cm³/mol. The Balaban J connectivity index is 2.02. The Morgan fingerprint density at radius 2 is 1.97 bits per heavy atom. The zero-order valence-electron chi connectivity index (χ0n) is 17.4. The lowest BCUT2D eigenvalue weighted by Gasteiger charge is -2.24. The Morgan fingerprint density at radius 3 is 2.57 bits per heavy atom. The molecule has 1 aromatic carbocycles. The van der Waals surface area contributed by atoms with E-state index in [0.29, 0.717) is 29.5 Å². The van der Waals surface area contributed by atoms with E-state index in [1.165, 1.54) is 28.4 Å². The molecule has 0 aliphatic carbocycles. The molecule has 0 saturated carbocycles. The molecule has 1 amide bonds. The van der Waals surface area contributed by atoms with Crippen molar-refractivity contribution in [2.75, 3.05) is 38.2 Å². The van der Waals surface area contributed by atoms with Crippen molar-refractivity contribution in [3.63, 3.8) is 0 Å². The first-order valence-electron chi connectivity index (χ1n) is 9.62. The van der Waals surface area contributed by atoms with Crippen LogP contribution >= 0.6 is 11.3 Å². The van der Waals surface area contributed by atoms with Crippen molar-refractivity contribution in [3.8, 4) is 5.75 Å². The average molecular weight is 433 g/mol. The summed E-state index contributed by atoms with van der Waals surface area (Å²) in [6, 6.07) is 6.30. The number of hydrogen-bond acceptors (Lipinski definition) is 8. The van der Waals surface area contributed by atoms with Crippen molar-refractivity contribution in [2.24, 2.45) is 0 Å². The van der Waals surface area contributed by atoms with Crippen molar-refractivity contribution in [2.45, 2.75) is 20.8 Å². The second-order valence-corrected chi connectivity index (χ2v) is 7.62. The van der Waals surface area contributed by atoms with Crippen LogP contribution < -0.4 is 9.64 Å². The number of nitro groups is 1. The van der Waals surface area contributed by atoms with Crippen molar-refractivity contribution in [1.82, 2.24) is 9.88 Å². The first-order chi connectivity index (χ1) is 14.4. The van der Waals surface area contributed by atoms with Crippen LogP contribution in [0.3, 0.4) is 0 Å². The predicted octanol–water partition coefficient (Wildman–Crippen LogP) is 4.10. The fourth-order valence-electron chi connectivity index (χ4n) is 3.12. The number of thiazole rings is 1. The molecule has 0 unspecified atom stereocenters. The van der Waals surface area contributed by atoms with Gasteiger partial charge in [0, 0.05) is 13.1 Å². The molecule has 0 atom stereocenters. The number of furan rings is 1. The topological polar surface area (TPSA) is 102 Å². The van der Waals surface area contributed by atoms with E-state index in [0.717, 1.165) is 23.4 Å². The number of benzene rings is 1. The molecule has 160 valence electrons. The maximum atomic E-state index is 13.2. The van der Waals surface area contributed by atoms with Gasteiger partial charge in [0.25, 0.3) is 5.91 Å². The third-order valence-corrected chi connectivity index (χ3v) is 6.12. The summed E-state index contributed by atoms with van der Waals surface area (Å²) in [6.07, 6.45) is 0. The van der Waals surface area contributed by atoms with Gasteiger partial charge in [0.2, 0.25) is 0 Å². The Morgan fingerprint density at radius 1 is 1.23 bits per heavy atom. The number of amides is 1. The SMILES string of the molecule is CCN(CC)CCN(C(=O)c1ccc([N+](=O)[O-])o1)c1nc2c(OC)ccc(C)c2s1. The van der Waals surface area contributed by atoms with Gasteiger partial charge in [0.1, 0.15) is 16.2 Å². The van der Waals surface area contributed by atoms with Gasteiger partial charge in [0.15, 0.2) is 10.9 Å². The van der Waals surface area contributed by atoms with Crippen LogP contribution in [-0.4, -0.2) is 54.0 Å². The number of carbonyl (C=O) groups is 1. The van der Waals surface area contributed by atoms with E-state index >= 15 is 0 Å². The number of nitrogens with zero attached hydrogens (tertiary/aromatic N) is 4. The van der Waals surface area contributed by atoms with Gasteiger partial charge < -0.3 is 14.1 Å². The molecule has 9 nitrogen and oxygen atoms in total. The summed E-state index contributed by atoms with van der Waals surface area (Å²) in [5, 5.41) is 11.4. The molecule has 0 spiro atoms. The number of anilines is 1. The molecule has 30 heavy (non-hydrogen) atoms. The molecule has 0 N–H and O–H groups in total. The van der Waals surface area contributed by atoms with Crippen LogP contribution in [0.5, 0.6) is 5.75 Å². The summed E-state index contributed by atoms with van der Waals surface area (Å²) < 4.78 is 11.5. The van der Waals surface area contributed by atoms with E-state index in [1.807, 2.05) is 19.1 Å². The molecule has 3 aromatic rings. The number of likely N-dealkylation sites (N-methyl/N-ethyl adjacent to an activating group) is 1. The lowest BCUT2D eigenvalue weighted by Crippen LogP contribution is -2.38. The molecule has 10 heteroatoms. The van der Waals surface area contributed by atoms with E-state index in [9.17, 15) is 14.9 Å². The van der Waals surface area contributed by atoms with Gasteiger partial charge >= 0.3 is 5.88 Å². The lowest BCUT2D eigenvalue weighted by molar-refractivity contribution is -0.402. The largest absolute Gasteiger partial charge is 0.494 e. The Kier molecular flexibility index (Phi) is 6.68. The first kappa shape index (κ1) is 21.7. The number of fused-ring (bicyclic) bond motifs is 1. The number of hydrogen-bond donors (Lipinski definition) is 0. The van der Waals surface area contributed by atoms with Gasteiger partial charge in [0.05, 0.1) is 17.9 Å². The third kappa shape index (κ3) is 4.29. The van der Waals surface area contributed by atoms with Gasteiger partial charge in [-0.05, 0) is 37.7 Å². The van der Waals surface area contributed by atoms with Crippen LogP contribution in [0.2, 0.25) is 0 Å². The van der Waals surface area contributed by atoms with Crippen LogP contribution in [0.4, 0.5) is 11.0 Å². The summed E-state index contributed by atoms with van der Waals surface area (Å²) >= 11 is 1.38. The van der Waals surface area contributed by atoms with Crippen LogP contribution in [0, 0.1) is 17.0 Å². The fourth-order valence-corrected chi connectivity index (χ4v) is 4.19. The van der Waals surface area contributed by atoms with E-state index in [4.69, 9.17) is 9.15 Å². The summed E-state index contributed by atoms with van der Waals surface area (Å²) in [6.45, 7) is 8.77. The average Bonchev–Trinajstić information content (AvgIpc) is 3.39. The summed E-state index contributed by atoms with van der Waals surface area (Å²) in [7, 11) is 1.58. The fraction of sp³-hybridized carbons (Fsp3) is 0.400. The molecule has 0 aliphatic rings. The van der Waals surface area contributed by atoms with Crippen LogP contribution in [0.25, 0.3) is 10.2 Å². The van der Waals surface area contributed by atoms with Gasteiger partial charge in [-0.1, -0.05) is 31.3 Å². The third-order valence-electron chi connectivity index (χ3n) is 4.90. The molecule has 0 fully saturated rings. The standard InChI is InChI=1S/C20H24N4O5S/c1-5-22(6-2)11-12-23(19(25)15-9-10-16(29-15)24(26)27)20-21-17-14(28-4)8-7-13(3)18(17)30-20/h7-10H,5-6,11-12H2,1-4H3. The van der Waals surface area contributed by atoms with E-state index in [2.05, 4.69) is 23.7 Å². The Bertz CT molecular complexity index is 1060. The molecule has 0 saturated heterocycles. The van der Waals surface area contributed by atoms with Gasteiger partial charge in [-0.3, -0.25) is 19.8 Å². The van der Waals surface area contributed by atoms with E-state index < -0.39 is 16.7 Å². The van der Waals surface area contributed by atoms with Gasteiger partial charge in [-0.2, -0.15) is 0 Å². The zero-order chi connectivity index (χ0) is 21.8. The monoisotopic (exact) mass is 432 g/mol. The van der Waals surface area contributed by atoms with Crippen molar-refractivity contribution < 1.29 is 18.9 Å². The number of carbonyl (C=O) groups excluding carboxylic acids is 1. The minimum absolute atomic E-state index is 0.0933. The highest BCUT2D eigenvalue weighted by molar-refractivity contribution is 7.22. The van der Waals surface area contributed by atoms with Crippen LogP contribution in [0.15, 0.2) is 28.7 Å².